The quantitative estimate of drug-likeness (QED) is 0.626. The predicted molar refractivity (Wildman–Crippen MR) is 50.1 cm³/mol. The molecule has 0 aromatic rings. The lowest BCUT2D eigenvalue weighted by atomic mass is 10.2. The molecule has 1 fully saturated rings. The second-order valence-electron chi connectivity index (χ2n) is 3.48. The summed E-state index contributed by atoms with van der Waals surface area (Å²) >= 11 is 0. The minimum atomic E-state index is 0.414. The van der Waals surface area contributed by atoms with Crippen LogP contribution in [0, 0.1) is 0 Å². The van der Waals surface area contributed by atoms with E-state index < -0.39 is 0 Å². The first-order valence-electron chi connectivity index (χ1n) is 4.87. The number of hydrogen-bond acceptors (Lipinski definition) is 3. The van der Waals surface area contributed by atoms with E-state index in [-0.39, 0.29) is 0 Å². The fourth-order valence-electron chi connectivity index (χ4n) is 1.57. The minimum absolute atomic E-state index is 0.414. The second kappa shape index (κ2) is 5.51. The van der Waals surface area contributed by atoms with Crippen molar-refractivity contribution in [2.24, 2.45) is 5.73 Å². The van der Waals surface area contributed by atoms with Crippen LogP contribution < -0.4 is 5.73 Å². The lowest BCUT2D eigenvalue weighted by Gasteiger charge is -2.30. The molecule has 0 amide bonds. The molecule has 0 bridgehead atoms. The molecule has 0 aromatic carbocycles. The van der Waals surface area contributed by atoms with Gasteiger partial charge in [0.1, 0.15) is 0 Å². The molecule has 1 aliphatic rings. The van der Waals surface area contributed by atoms with E-state index in [1.165, 1.54) is 13.0 Å². The molecule has 12 heavy (non-hydrogen) atoms. The van der Waals surface area contributed by atoms with E-state index in [0.29, 0.717) is 6.10 Å². The molecule has 3 heteroatoms. The molecule has 0 aliphatic carbocycles. The van der Waals surface area contributed by atoms with Crippen LogP contribution in [-0.2, 0) is 4.74 Å². The number of rotatable bonds is 4. The fourth-order valence-corrected chi connectivity index (χ4v) is 1.57. The van der Waals surface area contributed by atoms with Crippen LogP contribution in [0.15, 0.2) is 0 Å². The van der Waals surface area contributed by atoms with Gasteiger partial charge in [-0.05, 0) is 32.9 Å². The van der Waals surface area contributed by atoms with Gasteiger partial charge in [0, 0.05) is 13.1 Å². The Bertz CT molecular complexity index is 119. The summed E-state index contributed by atoms with van der Waals surface area (Å²) in [4.78, 5) is 2.46. The first kappa shape index (κ1) is 9.96. The Balaban J connectivity index is 2.06. The van der Waals surface area contributed by atoms with Crippen molar-refractivity contribution >= 4 is 0 Å². The van der Waals surface area contributed by atoms with E-state index in [9.17, 15) is 0 Å². The Morgan fingerprint density at radius 1 is 1.50 bits per heavy atom. The van der Waals surface area contributed by atoms with Gasteiger partial charge in [0.25, 0.3) is 0 Å². The molecule has 1 atom stereocenters. The first-order valence-corrected chi connectivity index (χ1v) is 4.87. The van der Waals surface area contributed by atoms with E-state index >= 15 is 0 Å². The average molecular weight is 172 g/mol. The fraction of sp³-hybridized carbons (Fsp3) is 1.00. The van der Waals surface area contributed by atoms with Gasteiger partial charge in [-0.2, -0.15) is 0 Å². The van der Waals surface area contributed by atoms with E-state index in [1.807, 2.05) is 0 Å². The highest BCUT2D eigenvalue weighted by Gasteiger charge is 2.15. The van der Waals surface area contributed by atoms with Crippen molar-refractivity contribution in [1.29, 1.82) is 0 Å². The van der Waals surface area contributed by atoms with Crippen LogP contribution in [-0.4, -0.2) is 43.8 Å². The number of hydrogen-bond donors (Lipinski definition) is 1. The van der Waals surface area contributed by atoms with Crippen molar-refractivity contribution in [3.63, 3.8) is 0 Å². The van der Waals surface area contributed by atoms with Crippen LogP contribution >= 0.6 is 0 Å². The summed E-state index contributed by atoms with van der Waals surface area (Å²) in [7, 11) is 0. The van der Waals surface area contributed by atoms with E-state index in [0.717, 1.165) is 32.7 Å². The van der Waals surface area contributed by atoms with Crippen LogP contribution in [0.25, 0.3) is 0 Å². The van der Waals surface area contributed by atoms with Gasteiger partial charge in [-0.3, -0.25) is 4.90 Å². The Morgan fingerprint density at radius 3 is 3.00 bits per heavy atom. The third-order valence-electron chi connectivity index (χ3n) is 2.25. The van der Waals surface area contributed by atoms with Crippen molar-refractivity contribution in [2.45, 2.75) is 25.9 Å². The van der Waals surface area contributed by atoms with Crippen LogP contribution in [0.4, 0.5) is 0 Å². The molecule has 0 spiro atoms. The molecule has 2 N–H and O–H groups in total. The zero-order chi connectivity index (χ0) is 8.81. The van der Waals surface area contributed by atoms with Crippen LogP contribution in [0.2, 0.25) is 0 Å². The monoisotopic (exact) mass is 172 g/mol. The summed E-state index contributed by atoms with van der Waals surface area (Å²) in [5.74, 6) is 0. The number of nitrogens with zero attached hydrogens (tertiary/aromatic N) is 1. The normalized spacial score (nSPS) is 26.0. The standard InChI is InChI=1S/C9H20N2O/c1-9-8-11(6-7-12-9)5-3-2-4-10/h9H,2-8,10H2,1H3. The van der Waals surface area contributed by atoms with Gasteiger partial charge in [0.05, 0.1) is 12.7 Å². The highest BCUT2D eigenvalue weighted by molar-refractivity contribution is 4.67. The Hall–Kier alpha value is -0.120. The summed E-state index contributed by atoms with van der Waals surface area (Å²) in [5.41, 5.74) is 5.43. The summed E-state index contributed by atoms with van der Waals surface area (Å²) in [6.07, 6.45) is 2.78. The maximum atomic E-state index is 5.45. The molecule has 3 nitrogen and oxygen atoms in total. The number of ether oxygens (including phenoxy) is 1. The Labute approximate surface area is 74.9 Å². The zero-order valence-corrected chi connectivity index (χ0v) is 7.96. The number of morpholine rings is 1. The minimum Gasteiger partial charge on any atom is -0.376 e. The van der Waals surface area contributed by atoms with Gasteiger partial charge in [0.2, 0.25) is 0 Å². The van der Waals surface area contributed by atoms with E-state index in [2.05, 4.69) is 11.8 Å². The Kier molecular flexibility index (Phi) is 4.58. The molecule has 1 heterocycles. The molecule has 0 saturated carbocycles. The maximum absolute atomic E-state index is 5.45. The van der Waals surface area contributed by atoms with Gasteiger partial charge in [0.15, 0.2) is 0 Å². The lowest BCUT2D eigenvalue weighted by molar-refractivity contribution is -0.0185. The summed E-state index contributed by atoms with van der Waals surface area (Å²) in [6.45, 7) is 7.21. The summed E-state index contributed by atoms with van der Waals surface area (Å²) in [6, 6.07) is 0. The maximum Gasteiger partial charge on any atom is 0.0674 e. The van der Waals surface area contributed by atoms with Gasteiger partial charge in [-0.15, -0.1) is 0 Å². The molecule has 1 aliphatic heterocycles. The molecule has 1 unspecified atom stereocenters. The molecule has 72 valence electrons. The van der Waals surface area contributed by atoms with Gasteiger partial charge in [-0.1, -0.05) is 0 Å². The van der Waals surface area contributed by atoms with Crippen molar-refractivity contribution < 1.29 is 4.74 Å². The zero-order valence-electron chi connectivity index (χ0n) is 7.96. The first-order chi connectivity index (χ1) is 5.83. The number of unbranched alkanes of at least 4 members (excludes halogenated alkanes) is 1. The van der Waals surface area contributed by atoms with Gasteiger partial charge < -0.3 is 10.5 Å². The average Bonchev–Trinajstić information content (AvgIpc) is 2.05. The largest absolute Gasteiger partial charge is 0.376 e. The van der Waals surface area contributed by atoms with Gasteiger partial charge in [-0.25, -0.2) is 0 Å². The highest BCUT2D eigenvalue weighted by atomic mass is 16.5. The number of nitrogens with two attached hydrogens (primary N) is 1. The van der Waals surface area contributed by atoms with E-state index in [4.69, 9.17) is 10.5 Å². The van der Waals surface area contributed by atoms with Crippen molar-refractivity contribution in [1.82, 2.24) is 4.90 Å². The Morgan fingerprint density at radius 2 is 2.33 bits per heavy atom. The summed E-state index contributed by atoms with van der Waals surface area (Å²) in [5, 5.41) is 0. The van der Waals surface area contributed by atoms with E-state index in [1.54, 1.807) is 0 Å². The van der Waals surface area contributed by atoms with Crippen molar-refractivity contribution in [3.05, 3.63) is 0 Å². The van der Waals surface area contributed by atoms with Crippen LogP contribution in [0.3, 0.4) is 0 Å². The SMILES string of the molecule is CC1CN(CCCCN)CCO1. The third-order valence-corrected chi connectivity index (χ3v) is 2.25. The highest BCUT2D eigenvalue weighted by Crippen LogP contribution is 2.04. The second-order valence-corrected chi connectivity index (χ2v) is 3.48. The summed E-state index contributed by atoms with van der Waals surface area (Å²) < 4.78 is 5.45. The molecule has 0 aromatic heterocycles. The van der Waals surface area contributed by atoms with Crippen LogP contribution in [0.5, 0.6) is 0 Å². The van der Waals surface area contributed by atoms with Crippen molar-refractivity contribution in [2.75, 3.05) is 32.8 Å². The third kappa shape index (κ3) is 3.52. The molecular weight excluding hydrogens is 152 g/mol. The molecule has 0 radical (unpaired) electrons. The predicted octanol–water partition coefficient (Wildman–Crippen LogP) is 0.446. The smallest absolute Gasteiger partial charge is 0.0674 e. The molecule has 1 saturated heterocycles. The molecular formula is C9H20N2O. The van der Waals surface area contributed by atoms with Gasteiger partial charge >= 0.3 is 0 Å². The lowest BCUT2D eigenvalue weighted by Crippen LogP contribution is -2.41. The van der Waals surface area contributed by atoms with Crippen LogP contribution in [0.1, 0.15) is 19.8 Å². The molecule has 1 rings (SSSR count). The topological polar surface area (TPSA) is 38.5 Å². The van der Waals surface area contributed by atoms with Crippen molar-refractivity contribution in [3.8, 4) is 0 Å².